The van der Waals surface area contributed by atoms with Gasteiger partial charge in [-0.25, -0.2) is 4.79 Å². The lowest BCUT2D eigenvalue weighted by Gasteiger charge is -2.40. The van der Waals surface area contributed by atoms with Crippen LogP contribution in [0.2, 0.25) is 18.1 Å². The minimum absolute atomic E-state index is 0.0117. The summed E-state index contributed by atoms with van der Waals surface area (Å²) in [4.78, 5) is 12.2. The fraction of sp³-hybridized carbons (Fsp3) is 0.686. The summed E-state index contributed by atoms with van der Waals surface area (Å²) in [5, 5.41) is 10.9. The van der Waals surface area contributed by atoms with Crippen molar-refractivity contribution in [3.63, 3.8) is 0 Å². The molecule has 2 aliphatic rings. The van der Waals surface area contributed by atoms with Crippen LogP contribution in [0.25, 0.3) is 0 Å². The maximum absolute atomic E-state index is 12.2. The Morgan fingerprint density at radius 1 is 1.15 bits per heavy atom. The highest BCUT2D eigenvalue weighted by atomic mass is 28.4. The number of hydrogen-bond acceptors (Lipinski definition) is 5. The van der Waals surface area contributed by atoms with Gasteiger partial charge in [-0.3, -0.25) is 0 Å². The standard InChI is InChI=1S/C35H52O5Si/c1-8-10-12-14-21-38-34(37)25-39-32-18-15-16-26-22-30-27(23-31(26)32)24-33(40-41(6,7)35(3,4)5)29(30)20-19-28(36)17-13-11-9-2/h15-16,18,27-30,33,36H,9,11,13,17,19-25H2,1-7H3/t27-,28-,29+,30-,33-/m0/s1. The summed E-state index contributed by atoms with van der Waals surface area (Å²) in [6.07, 6.45) is 9.18. The van der Waals surface area contributed by atoms with Gasteiger partial charge in [-0.1, -0.05) is 65.0 Å². The number of aliphatic hydroxyl groups excluding tert-OH is 1. The summed E-state index contributed by atoms with van der Waals surface area (Å²) in [6, 6.07) is 6.20. The quantitative estimate of drug-likeness (QED) is 0.117. The normalized spacial score (nSPS) is 22.3. The smallest absolute Gasteiger partial charge is 0.345 e. The number of aliphatic hydroxyl groups is 1. The van der Waals surface area contributed by atoms with Gasteiger partial charge in [0.2, 0.25) is 0 Å². The molecule has 1 aromatic rings. The fourth-order valence-corrected chi connectivity index (χ4v) is 7.58. The second-order valence-corrected chi connectivity index (χ2v) is 18.2. The second kappa shape index (κ2) is 15.3. The first-order valence-corrected chi connectivity index (χ1v) is 18.5. The van der Waals surface area contributed by atoms with Crippen molar-refractivity contribution >= 4 is 14.3 Å². The van der Waals surface area contributed by atoms with Gasteiger partial charge < -0.3 is 19.0 Å². The van der Waals surface area contributed by atoms with Gasteiger partial charge in [0, 0.05) is 6.10 Å². The van der Waals surface area contributed by atoms with E-state index in [1.807, 2.05) is 12.1 Å². The highest BCUT2D eigenvalue weighted by Gasteiger charge is 2.49. The molecule has 0 aromatic heterocycles. The number of carbonyl (C=O) groups is 1. The number of ether oxygens (including phenoxy) is 2. The Balaban J connectivity index is 1.72. The molecular formula is C35H52O5Si. The molecule has 0 amide bonds. The van der Waals surface area contributed by atoms with E-state index in [9.17, 15) is 9.90 Å². The van der Waals surface area contributed by atoms with E-state index in [1.54, 1.807) is 6.92 Å². The summed E-state index contributed by atoms with van der Waals surface area (Å²) in [6.45, 7) is 15.4. The molecule has 5 nitrogen and oxygen atoms in total. The van der Waals surface area contributed by atoms with Crippen LogP contribution in [0, 0.1) is 41.4 Å². The maximum Gasteiger partial charge on any atom is 0.345 e. The summed E-state index contributed by atoms with van der Waals surface area (Å²) >= 11 is 0. The molecule has 0 unspecified atom stereocenters. The lowest BCUT2D eigenvalue weighted by atomic mass is 9.73. The molecule has 3 rings (SSSR count). The molecule has 226 valence electrons. The predicted octanol–water partition coefficient (Wildman–Crippen LogP) is 7.10. The van der Waals surface area contributed by atoms with E-state index in [2.05, 4.69) is 70.5 Å². The number of esters is 1. The summed E-state index contributed by atoms with van der Waals surface area (Å²) in [5.41, 5.74) is 2.52. The van der Waals surface area contributed by atoms with Crippen LogP contribution in [0.4, 0.5) is 0 Å². The van der Waals surface area contributed by atoms with Crippen molar-refractivity contribution in [2.45, 2.75) is 123 Å². The predicted molar refractivity (Wildman–Crippen MR) is 168 cm³/mol. The molecule has 0 bridgehead atoms. The van der Waals surface area contributed by atoms with Gasteiger partial charge in [-0.15, -0.1) is 0 Å². The first-order chi connectivity index (χ1) is 19.5. The number of benzene rings is 1. The number of hydrogen-bond donors (Lipinski definition) is 1. The minimum Gasteiger partial charge on any atom is -0.482 e. The molecule has 0 spiro atoms. The summed E-state index contributed by atoms with van der Waals surface area (Å²) < 4.78 is 18.3. The molecule has 41 heavy (non-hydrogen) atoms. The SMILES string of the molecule is CC#CC#CCOC(=O)COc1cccc2c1C[C@H]1C[C@H](O[Si](C)(C)C(C)(C)C)[C@H](CC[C@@H](O)CCCCC)[C@H]1C2. The van der Waals surface area contributed by atoms with Gasteiger partial charge in [0.15, 0.2) is 21.5 Å². The van der Waals surface area contributed by atoms with Crippen LogP contribution in [0.3, 0.4) is 0 Å². The zero-order valence-electron chi connectivity index (χ0n) is 26.5. The van der Waals surface area contributed by atoms with E-state index in [-0.39, 0.29) is 30.5 Å². The molecule has 6 heteroatoms. The molecule has 5 atom stereocenters. The number of rotatable bonds is 13. The largest absolute Gasteiger partial charge is 0.482 e. The van der Waals surface area contributed by atoms with Crippen molar-refractivity contribution in [3.8, 4) is 29.4 Å². The van der Waals surface area contributed by atoms with E-state index in [1.165, 1.54) is 24.0 Å². The van der Waals surface area contributed by atoms with Crippen LogP contribution in [-0.4, -0.2) is 44.8 Å². The second-order valence-electron chi connectivity index (χ2n) is 13.4. The highest BCUT2D eigenvalue weighted by Crippen LogP contribution is 2.51. The van der Waals surface area contributed by atoms with Crippen molar-refractivity contribution in [1.29, 1.82) is 0 Å². The van der Waals surface area contributed by atoms with Crippen LogP contribution in [-0.2, 0) is 26.8 Å². The third-order valence-electron chi connectivity index (χ3n) is 9.47. The lowest BCUT2D eigenvalue weighted by Crippen LogP contribution is -2.45. The molecule has 0 heterocycles. The third kappa shape index (κ3) is 9.37. The zero-order chi connectivity index (χ0) is 30.0. The topological polar surface area (TPSA) is 65.0 Å². The Bertz CT molecular complexity index is 1130. The van der Waals surface area contributed by atoms with Gasteiger partial charge >= 0.3 is 5.97 Å². The van der Waals surface area contributed by atoms with E-state index in [0.29, 0.717) is 17.8 Å². The molecule has 0 saturated heterocycles. The first kappa shape index (κ1) is 33.3. The average Bonchev–Trinajstić information content (AvgIpc) is 3.23. The number of fused-ring (bicyclic) bond motifs is 2. The van der Waals surface area contributed by atoms with E-state index < -0.39 is 14.3 Å². The minimum atomic E-state index is -1.95. The fourth-order valence-electron chi connectivity index (χ4n) is 6.20. The Morgan fingerprint density at radius 3 is 2.63 bits per heavy atom. The maximum atomic E-state index is 12.2. The molecule has 1 fully saturated rings. The van der Waals surface area contributed by atoms with Gasteiger partial charge in [0.05, 0.1) is 6.10 Å². The van der Waals surface area contributed by atoms with Crippen LogP contribution in [0.1, 0.15) is 90.7 Å². The van der Waals surface area contributed by atoms with Crippen molar-refractivity contribution in [3.05, 3.63) is 29.3 Å². The van der Waals surface area contributed by atoms with Crippen molar-refractivity contribution < 1.29 is 23.8 Å². The van der Waals surface area contributed by atoms with E-state index >= 15 is 0 Å². The molecular weight excluding hydrogens is 528 g/mol. The summed E-state index contributed by atoms with van der Waals surface area (Å²) in [7, 11) is -1.95. The molecule has 0 radical (unpaired) electrons. The van der Waals surface area contributed by atoms with Crippen LogP contribution >= 0.6 is 0 Å². The molecule has 1 N–H and O–H groups in total. The third-order valence-corrected chi connectivity index (χ3v) is 14.0. The van der Waals surface area contributed by atoms with Crippen LogP contribution < -0.4 is 4.74 Å². The van der Waals surface area contributed by atoms with Crippen LogP contribution in [0.15, 0.2) is 18.2 Å². The summed E-state index contributed by atoms with van der Waals surface area (Å²) in [5.74, 6) is 12.5. The van der Waals surface area contributed by atoms with Gasteiger partial charge in [-0.2, -0.15) is 0 Å². The van der Waals surface area contributed by atoms with Gasteiger partial charge in [0.25, 0.3) is 0 Å². The van der Waals surface area contributed by atoms with Gasteiger partial charge in [-0.05, 0) is 116 Å². The Morgan fingerprint density at radius 2 is 1.93 bits per heavy atom. The molecule has 1 saturated carbocycles. The van der Waals surface area contributed by atoms with Crippen molar-refractivity contribution in [1.82, 2.24) is 0 Å². The highest BCUT2D eigenvalue weighted by molar-refractivity contribution is 6.74. The number of unbranched alkanes of at least 4 members (excludes halogenated alkanes) is 2. The number of carbonyl (C=O) groups excluding carboxylic acids is 1. The Kier molecular flexibility index (Phi) is 12.4. The van der Waals surface area contributed by atoms with Crippen LogP contribution in [0.5, 0.6) is 5.75 Å². The van der Waals surface area contributed by atoms with E-state index in [4.69, 9.17) is 13.9 Å². The zero-order valence-corrected chi connectivity index (χ0v) is 27.5. The van der Waals surface area contributed by atoms with E-state index in [0.717, 1.165) is 50.7 Å². The molecule has 1 aromatic carbocycles. The first-order valence-electron chi connectivity index (χ1n) is 15.6. The lowest BCUT2D eigenvalue weighted by molar-refractivity contribution is -0.144. The Hall–Kier alpha value is -2.25. The molecule has 0 aliphatic heterocycles. The van der Waals surface area contributed by atoms with Crippen molar-refractivity contribution in [2.24, 2.45) is 17.8 Å². The average molecular weight is 581 g/mol. The molecule has 2 aliphatic carbocycles. The monoisotopic (exact) mass is 580 g/mol. The van der Waals surface area contributed by atoms with Crippen molar-refractivity contribution in [2.75, 3.05) is 13.2 Å². The Labute approximate surface area is 250 Å². The van der Waals surface area contributed by atoms with Gasteiger partial charge in [0.1, 0.15) is 5.75 Å².